The van der Waals surface area contributed by atoms with Gasteiger partial charge in [-0.25, -0.2) is 4.79 Å². The molecule has 0 aliphatic carbocycles. The molecule has 27 heavy (non-hydrogen) atoms. The standard InChI is InChI=1S/C21H16O5S/c1-12-8-9-17-15(10-12)19-16(21(25-17)24-13(2)22)11-18(20(23)26-19)27-14-6-4-3-5-7-14/h3-11,21H,1-2H3/t21-/m1/s1. The zero-order chi connectivity index (χ0) is 19.0. The first kappa shape index (κ1) is 17.4. The molecule has 136 valence electrons. The maximum absolute atomic E-state index is 12.6. The molecule has 3 aromatic rings. The van der Waals surface area contributed by atoms with Gasteiger partial charge in [-0.1, -0.05) is 41.6 Å². The Balaban J connectivity index is 1.84. The summed E-state index contributed by atoms with van der Waals surface area (Å²) in [7, 11) is 0. The van der Waals surface area contributed by atoms with Crippen molar-refractivity contribution in [3.63, 3.8) is 0 Å². The van der Waals surface area contributed by atoms with Gasteiger partial charge in [0.25, 0.3) is 6.29 Å². The lowest BCUT2D eigenvalue weighted by Gasteiger charge is -2.27. The Morgan fingerprint density at radius 3 is 2.63 bits per heavy atom. The van der Waals surface area contributed by atoms with Gasteiger partial charge in [-0.15, -0.1) is 0 Å². The van der Waals surface area contributed by atoms with E-state index < -0.39 is 17.9 Å². The molecular weight excluding hydrogens is 364 g/mol. The fourth-order valence-electron chi connectivity index (χ4n) is 2.88. The van der Waals surface area contributed by atoms with Crippen molar-refractivity contribution in [2.75, 3.05) is 0 Å². The second kappa shape index (κ2) is 6.96. The van der Waals surface area contributed by atoms with E-state index in [4.69, 9.17) is 13.9 Å². The van der Waals surface area contributed by atoms with Crippen LogP contribution in [0.2, 0.25) is 0 Å². The van der Waals surface area contributed by atoms with Crippen molar-refractivity contribution in [1.82, 2.24) is 0 Å². The van der Waals surface area contributed by atoms with Crippen LogP contribution in [-0.4, -0.2) is 5.97 Å². The molecule has 0 fully saturated rings. The average molecular weight is 380 g/mol. The van der Waals surface area contributed by atoms with Crippen LogP contribution in [0.25, 0.3) is 11.3 Å². The number of hydrogen-bond donors (Lipinski definition) is 0. The Morgan fingerprint density at radius 2 is 1.89 bits per heavy atom. The molecule has 1 aliphatic rings. The number of fused-ring (bicyclic) bond motifs is 3. The summed E-state index contributed by atoms with van der Waals surface area (Å²) >= 11 is 1.29. The fourth-order valence-corrected chi connectivity index (χ4v) is 3.74. The Kier molecular flexibility index (Phi) is 4.49. The maximum Gasteiger partial charge on any atom is 0.350 e. The molecule has 0 amide bonds. The van der Waals surface area contributed by atoms with E-state index in [1.165, 1.54) is 18.7 Å². The number of esters is 1. The molecule has 1 atom stereocenters. The summed E-state index contributed by atoms with van der Waals surface area (Å²) in [5.41, 5.74) is 1.74. The number of ether oxygens (including phenoxy) is 2. The summed E-state index contributed by atoms with van der Waals surface area (Å²) in [5, 5.41) is 0. The SMILES string of the molecule is CC(=O)O[C@@H]1Oc2ccc(C)cc2-c2oc(=O)c(Sc3ccccc3)cc21. The van der Waals surface area contributed by atoms with Gasteiger partial charge in [-0.3, -0.25) is 4.79 Å². The molecule has 4 rings (SSSR count). The van der Waals surface area contributed by atoms with Gasteiger partial charge in [0.15, 0.2) is 5.76 Å². The van der Waals surface area contributed by atoms with Crippen LogP contribution < -0.4 is 10.4 Å². The zero-order valence-electron chi connectivity index (χ0n) is 14.7. The fraction of sp³-hybridized carbons (Fsp3) is 0.143. The lowest BCUT2D eigenvalue weighted by molar-refractivity contribution is -0.162. The van der Waals surface area contributed by atoms with Crippen LogP contribution in [-0.2, 0) is 9.53 Å². The van der Waals surface area contributed by atoms with Gasteiger partial charge in [-0.2, -0.15) is 0 Å². The normalized spacial score (nSPS) is 14.7. The largest absolute Gasteiger partial charge is 0.450 e. The highest BCUT2D eigenvalue weighted by molar-refractivity contribution is 7.99. The summed E-state index contributed by atoms with van der Waals surface area (Å²) in [6, 6.07) is 16.7. The molecule has 2 aromatic carbocycles. The topological polar surface area (TPSA) is 65.7 Å². The third-order valence-corrected chi connectivity index (χ3v) is 5.07. The van der Waals surface area contributed by atoms with Crippen LogP contribution in [0.4, 0.5) is 0 Å². The molecule has 2 heterocycles. The zero-order valence-corrected chi connectivity index (χ0v) is 15.5. The molecule has 0 unspecified atom stereocenters. The van der Waals surface area contributed by atoms with Gasteiger partial charge in [0.2, 0.25) is 0 Å². The molecule has 5 nitrogen and oxygen atoms in total. The van der Waals surface area contributed by atoms with E-state index in [0.29, 0.717) is 27.5 Å². The minimum absolute atomic E-state index is 0.369. The van der Waals surface area contributed by atoms with Crippen LogP contribution in [0.15, 0.2) is 73.6 Å². The van der Waals surface area contributed by atoms with Crippen molar-refractivity contribution in [2.45, 2.75) is 29.9 Å². The van der Waals surface area contributed by atoms with E-state index in [1.54, 1.807) is 12.1 Å². The van der Waals surface area contributed by atoms with Crippen LogP contribution in [0, 0.1) is 6.92 Å². The van der Waals surface area contributed by atoms with Crippen molar-refractivity contribution < 1.29 is 18.7 Å². The van der Waals surface area contributed by atoms with Crippen molar-refractivity contribution >= 4 is 17.7 Å². The molecule has 0 saturated heterocycles. The summed E-state index contributed by atoms with van der Waals surface area (Å²) in [6.45, 7) is 3.25. The van der Waals surface area contributed by atoms with Crippen LogP contribution in [0.3, 0.4) is 0 Å². The highest BCUT2D eigenvalue weighted by Crippen LogP contribution is 2.44. The Labute approximate surface area is 159 Å². The molecule has 0 spiro atoms. The third-order valence-electron chi connectivity index (χ3n) is 4.06. The first-order valence-corrected chi connectivity index (χ1v) is 9.19. The van der Waals surface area contributed by atoms with Crippen LogP contribution >= 0.6 is 11.8 Å². The molecule has 1 aliphatic heterocycles. The smallest absolute Gasteiger partial charge is 0.350 e. The Morgan fingerprint density at radius 1 is 1.11 bits per heavy atom. The Hall–Kier alpha value is -2.99. The second-order valence-corrected chi connectivity index (χ2v) is 7.27. The monoisotopic (exact) mass is 380 g/mol. The molecule has 0 saturated carbocycles. The first-order chi connectivity index (χ1) is 13.0. The Bertz CT molecular complexity index is 1070. The molecule has 6 heteroatoms. The molecule has 0 bridgehead atoms. The highest BCUT2D eigenvalue weighted by Gasteiger charge is 2.32. The van der Waals surface area contributed by atoms with Gasteiger partial charge in [0.1, 0.15) is 5.75 Å². The number of hydrogen-bond acceptors (Lipinski definition) is 6. The molecule has 0 radical (unpaired) electrons. The summed E-state index contributed by atoms with van der Waals surface area (Å²) in [5.74, 6) is 0.393. The summed E-state index contributed by atoms with van der Waals surface area (Å²) in [4.78, 5) is 25.4. The minimum atomic E-state index is -0.966. The van der Waals surface area contributed by atoms with Crippen LogP contribution in [0.5, 0.6) is 5.75 Å². The highest BCUT2D eigenvalue weighted by atomic mass is 32.2. The minimum Gasteiger partial charge on any atom is -0.450 e. The van der Waals surface area contributed by atoms with Gasteiger partial charge >= 0.3 is 11.6 Å². The summed E-state index contributed by atoms with van der Waals surface area (Å²) < 4.78 is 16.8. The third kappa shape index (κ3) is 3.48. The van der Waals surface area contributed by atoms with Crippen molar-refractivity contribution in [3.05, 3.63) is 76.1 Å². The van der Waals surface area contributed by atoms with Crippen molar-refractivity contribution in [1.29, 1.82) is 0 Å². The average Bonchev–Trinajstić information content (AvgIpc) is 2.64. The number of carbonyl (C=O) groups is 1. The predicted molar refractivity (Wildman–Crippen MR) is 101 cm³/mol. The van der Waals surface area contributed by atoms with Crippen LogP contribution in [0.1, 0.15) is 24.3 Å². The number of aryl methyl sites for hydroxylation is 1. The van der Waals surface area contributed by atoms with E-state index in [0.717, 1.165) is 10.5 Å². The second-order valence-electron chi connectivity index (χ2n) is 6.16. The molecule has 1 aromatic heterocycles. The molecule has 0 N–H and O–H groups in total. The molecular formula is C21H16O5S. The lowest BCUT2D eigenvalue weighted by Crippen LogP contribution is -2.21. The van der Waals surface area contributed by atoms with Crippen molar-refractivity contribution in [3.8, 4) is 17.1 Å². The number of carbonyl (C=O) groups excluding carboxylic acids is 1. The predicted octanol–water partition coefficient (Wildman–Crippen LogP) is 4.72. The van der Waals surface area contributed by atoms with E-state index in [2.05, 4.69) is 0 Å². The van der Waals surface area contributed by atoms with Gasteiger partial charge in [-0.05, 0) is 37.3 Å². The van der Waals surface area contributed by atoms with E-state index in [-0.39, 0.29) is 0 Å². The van der Waals surface area contributed by atoms with E-state index in [9.17, 15) is 9.59 Å². The van der Waals surface area contributed by atoms with E-state index >= 15 is 0 Å². The quantitative estimate of drug-likeness (QED) is 0.613. The first-order valence-electron chi connectivity index (χ1n) is 8.37. The summed E-state index contributed by atoms with van der Waals surface area (Å²) in [6.07, 6.45) is -0.966. The van der Waals surface area contributed by atoms with Gasteiger partial charge in [0.05, 0.1) is 16.0 Å². The van der Waals surface area contributed by atoms with Gasteiger partial charge < -0.3 is 13.9 Å². The van der Waals surface area contributed by atoms with Crippen molar-refractivity contribution in [2.24, 2.45) is 0 Å². The number of benzene rings is 2. The maximum atomic E-state index is 12.6. The lowest BCUT2D eigenvalue weighted by atomic mass is 10.0. The van der Waals surface area contributed by atoms with E-state index in [1.807, 2.05) is 49.4 Å². The van der Waals surface area contributed by atoms with Gasteiger partial charge in [0, 0.05) is 11.8 Å². The number of rotatable bonds is 3.